The van der Waals surface area contributed by atoms with Crippen LogP contribution in [0.25, 0.3) is 0 Å². The van der Waals surface area contributed by atoms with Gasteiger partial charge in [0.25, 0.3) is 0 Å². The standard InChI is InChI=1S/C17H25N5OS/c1-6-22-8-7-13-14(9-22)24-17(18-13)19-16(23)10(2)15-11(3)20-21(5)12(15)4/h10H,6-9H2,1-5H3,(H,18,19,23). The summed E-state index contributed by atoms with van der Waals surface area (Å²) in [4.78, 5) is 21.0. The van der Waals surface area contributed by atoms with E-state index >= 15 is 0 Å². The van der Waals surface area contributed by atoms with E-state index in [1.807, 2.05) is 32.5 Å². The second-order valence-electron chi connectivity index (χ2n) is 6.43. The minimum absolute atomic E-state index is 0.0207. The lowest BCUT2D eigenvalue weighted by Gasteiger charge is -2.23. The average Bonchev–Trinajstić information content (AvgIpc) is 3.06. The Morgan fingerprint density at radius 2 is 2.17 bits per heavy atom. The Hall–Kier alpha value is -1.73. The van der Waals surface area contributed by atoms with Crippen LogP contribution < -0.4 is 5.32 Å². The van der Waals surface area contributed by atoms with Crippen LogP contribution in [-0.2, 0) is 24.8 Å². The van der Waals surface area contributed by atoms with Crippen LogP contribution in [0, 0.1) is 13.8 Å². The molecule has 2 aromatic heterocycles. The van der Waals surface area contributed by atoms with Crippen LogP contribution in [0.5, 0.6) is 0 Å². The zero-order valence-corrected chi connectivity index (χ0v) is 15.8. The molecule has 0 saturated heterocycles. The third-order valence-electron chi connectivity index (χ3n) is 4.88. The molecule has 1 N–H and O–H groups in total. The molecule has 130 valence electrons. The number of amides is 1. The van der Waals surface area contributed by atoms with Crippen molar-refractivity contribution in [1.82, 2.24) is 19.7 Å². The molecule has 1 aliphatic rings. The molecular weight excluding hydrogens is 322 g/mol. The number of likely N-dealkylation sites (N-methyl/N-ethyl adjacent to an activating group) is 1. The quantitative estimate of drug-likeness (QED) is 0.923. The van der Waals surface area contributed by atoms with Gasteiger partial charge < -0.3 is 5.32 Å². The van der Waals surface area contributed by atoms with E-state index in [0.29, 0.717) is 5.13 Å². The number of aryl methyl sites for hydroxylation is 2. The zero-order valence-electron chi connectivity index (χ0n) is 15.0. The van der Waals surface area contributed by atoms with Crippen molar-refractivity contribution in [3.05, 3.63) is 27.5 Å². The fourth-order valence-electron chi connectivity index (χ4n) is 3.33. The summed E-state index contributed by atoms with van der Waals surface area (Å²) in [5.74, 6) is -0.264. The third kappa shape index (κ3) is 3.10. The molecule has 0 fully saturated rings. The van der Waals surface area contributed by atoms with E-state index in [1.54, 1.807) is 11.3 Å². The summed E-state index contributed by atoms with van der Waals surface area (Å²) in [5.41, 5.74) is 4.09. The Labute approximate surface area is 146 Å². The smallest absolute Gasteiger partial charge is 0.233 e. The van der Waals surface area contributed by atoms with Gasteiger partial charge in [0.2, 0.25) is 5.91 Å². The molecule has 1 aliphatic heterocycles. The molecule has 3 rings (SSSR count). The molecule has 1 unspecified atom stereocenters. The molecule has 6 nitrogen and oxygen atoms in total. The van der Waals surface area contributed by atoms with Gasteiger partial charge >= 0.3 is 0 Å². The Morgan fingerprint density at radius 1 is 1.42 bits per heavy atom. The van der Waals surface area contributed by atoms with Gasteiger partial charge in [0, 0.05) is 42.7 Å². The van der Waals surface area contributed by atoms with E-state index in [9.17, 15) is 4.79 Å². The summed E-state index contributed by atoms with van der Waals surface area (Å²) in [5, 5.41) is 8.13. The van der Waals surface area contributed by atoms with Gasteiger partial charge in [0.1, 0.15) is 0 Å². The van der Waals surface area contributed by atoms with Crippen molar-refractivity contribution < 1.29 is 4.79 Å². The number of nitrogens with one attached hydrogen (secondary N) is 1. The van der Waals surface area contributed by atoms with Crippen molar-refractivity contribution in [2.45, 2.75) is 46.6 Å². The van der Waals surface area contributed by atoms with Crippen LogP contribution >= 0.6 is 11.3 Å². The number of aromatic nitrogens is 3. The number of thiazole rings is 1. The monoisotopic (exact) mass is 347 g/mol. The van der Waals surface area contributed by atoms with E-state index in [0.717, 1.165) is 48.7 Å². The Bertz CT molecular complexity index is 763. The predicted molar refractivity (Wildman–Crippen MR) is 96.5 cm³/mol. The molecule has 2 aromatic rings. The predicted octanol–water partition coefficient (Wildman–Crippen LogP) is 2.61. The number of carbonyl (C=O) groups is 1. The molecule has 0 spiro atoms. The molecule has 0 aromatic carbocycles. The van der Waals surface area contributed by atoms with Crippen molar-refractivity contribution in [2.24, 2.45) is 7.05 Å². The largest absolute Gasteiger partial charge is 0.301 e. The van der Waals surface area contributed by atoms with Crippen molar-refractivity contribution in [2.75, 3.05) is 18.4 Å². The summed E-state index contributed by atoms with van der Waals surface area (Å²) >= 11 is 1.60. The maximum absolute atomic E-state index is 12.7. The maximum atomic E-state index is 12.7. The summed E-state index contributed by atoms with van der Waals surface area (Å²) in [6.45, 7) is 11.1. The minimum atomic E-state index is -0.244. The van der Waals surface area contributed by atoms with Crippen molar-refractivity contribution in [3.63, 3.8) is 0 Å². The van der Waals surface area contributed by atoms with Crippen LogP contribution in [0.2, 0.25) is 0 Å². The first kappa shape index (κ1) is 17.1. The van der Waals surface area contributed by atoms with Gasteiger partial charge in [0.15, 0.2) is 5.13 Å². The van der Waals surface area contributed by atoms with Crippen LogP contribution in [-0.4, -0.2) is 38.7 Å². The highest BCUT2D eigenvalue weighted by Gasteiger charge is 2.25. The van der Waals surface area contributed by atoms with Gasteiger partial charge in [-0.2, -0.15) is 5.10 Å². The lowest BCUT2D eigenvalue weighted by Crippen LogP contribution is -2.29. The first-order chi connectivity index (χ1) is 11.4. The zero-order chi connectivity index (χ0) is 17.4. The molecule has 7 heteroatoms. The number of nitrogens with zero attached hydrogens (tertiary/aromatic N) is 4. The van der Waals surface area contributed by atoms with Gasteiger partial charge in [-0.3, -0.25) is 14.4 Å². The SMILES string of the molecule is CCN1CCc2nc(NC(=O)C(C)c3c(C)nn(C)c3C)sc2C1. The molecule has 0 saturated carbocycles. The number of hydrogen-bond donors (Lipinski definition) is 1. The number of anilines is 1. The van der Waals surface area contributed by atoms with E-state index < -0.39 is 0 Å². The van der Waals surface area contributed by atoms with Gasteiger partial charge in [-0.25, -0.2) is 4.98 Å². The number of hydrogen-bond acceptors (Lipinski definition) is 5. The average molecular weight is 347 g/mol. The van der Waals surface area contributed by atoms with Gasteiger partial charge in [-0.15, -0.1) is 11.3 Å². The first-order valence-electron chi connectivity index (χ1n) is 8.42. The van der Waals surface area contributed by atoms with Gasteiger partial charge in [0.05, 0.1) is 17.3 Å². The molecule has 1 atom stereocenters. The van der Waals surface area contributed by atoms with Crippen LogP contribution in [0.4, 0.5) is 5.13 Å². The number of rotatable bonds is 4. The second-order valence-corrected chi connectivity index (χ2v) is 7.51. The Balaban J connectivity index is 1.74. The summed E-state index contributed by atoms with van der Waals surface area (Å²) in [7, 11) is 1.91. The molecule has 3 heterocycles. The highest BCUT2D eigenvalue weighted by atomic mass is 32.1. The first-order valence-corrected chi connectivity index (χ1v) is 9.24. The maximum Gasteiger partial charge on any atom is 0.233 e. The normalized spacial score (nSPS) is 16.0. The molecule has 24 heavy (non-hydrogen) atoms. The Morgan fingerprint density at radius 3 is 2.79 bits per heavy atom. The molecule has 1 amide bonds. The lowest BCUT2D eigenvalue weighted by atomic mass is 9.98. The molecule has 0 aliphatic carbocycles. The fourth-order valence-corrected chi connectivity index (χ4v) is 4.39. The van der Waals surface area contributed by atoms with E-state index in [-0.39, 0.29) is 11.8 Å². The second kappa shape index (κ2) is 6.64. The van der Waals surface area contributed by atoms with Crippen LogP contribution in [0.1, 0.15) is 47.3 Å². The van der Waals surface area contributed by atoms with E-state index in [2.05, 4.69) is 27.2 Å². The summed E-state index contributed by atoms with van der Waals surface area (Å²) < 4.78 is 1.83. The molecule has 0 bridgehead atoms. The fraction of sp³-hybridized carbons (Fsp3) is 0.588. The third-order valence-corrected chi connectivity index (χ3v) is 5.88. The lowest BCUT2D eigenvalue weighted by molar-refractivity contribution is -0.117. The highest BCUT2D eigenvalue weighted by molar-refractivity contribution is 7.15. The summed E-state index contributed by atoms with van der Waals surface area (Å²) in [6, 6.07) is 0. The van der Waals surface area contributed by atoms with Gasteiger partial charge in [-0.05, 0) is 27.3 Å². The van der Waals surface area contributed by atoms with Crippen molar-refractivity contribution in [1.29, 1.82) is 0 Å². The minimum Gasteiger partial charge on any atom is -0.301 e. The van der Waals surface area contributed by atoms with E-state index in [1.165, 1.54) is 4.88 Å². The number of carbonyl (C=O) groups excluding carboxylic acids is 1. The van der Waals surface area contributed by atoms with Crippen molar-refractivity contribution >= 4 is 22.4 Å². The topological polar surface area (TPSA) is 63.1 Å². The van der Waals surface area contributed by atoms with Crippen LogP contribution in [0.15, 0.2) is 0 Å². The molecule has 0 radical (unpaired) electrons. The molecular formula is C17H25N5OS. The Kier molecular flexibility index (Phi) is 4.73. The van der Waals surface area contributed by atoms with Crippen LogP contribution in [0.3, 0.4) is 0 Å². The summed E-state index contributed by atoms with van der Waals surface area (Å²) in [6.07, 6.45) is 0.964. The van der Waals surface area contributed by atoms with Gasteiger partial charge in [-0.1, -0.05) is 6.92 Å². The number of fused-ring (bicyclic) bond motifs is 1. The highest BCUT2D eigenvalue weighted by Crippen LogP contribution is 2.30. The van der Waals surface area contributed by atoms with E-state index in [4.69, 9.17) is 0 Å². The van der Waals surface area contributed by atoms with Crippen molar-refractivity contribution in [3.8, 4) is 0 Å².